The Hall–Kier alpha value is -1.42. The maximum absolute atomic E-state index is 13.3. The second kappa shape index (κ2) is 4.84. The molecule has 92 valence electrons. The van der Waals surface area contributed by atoms with Crippen LogP contribution in [0.3, 0.4) is 0 Å². The number of nitrogens with zero attached hydrogens (tertiary/aromatic N) is 1. The van der Waals surface area contributed by atoms with Crippen LogP contribution in [-0.2, 0) is 4.79 Å². The maximum Gasteiger partial charge on any atom is 0.248 e. The highest BCUT2D eigenvalue weighted by atomic mass is 19.1. The Bertz CT molecular complexity index is 433. The predicted octanol–water partition coefficient (Wildman–Crippen LogP) is 2.23. The molecule has 0 aromatic heterocycles. The zero-order valence-corrected chi connectivity index (χ0v) is 10.2. The van der Waals surface area contributed by atoms with Crippen LogP contribution in [-0.4, -0.2) is 19.5 Å². The molecule has 0 aliphatic carbocycles. The van der Waals surface area contributed by atoms with Gasteiger partial charge in [0.15, 0.2) is 0 Å². The molecule has 0 spiro atoms. The van der Waals surface area contributed by atoms with Crippen molar-refractivity contribution in [2.24, 2.45) is 0 Å². The van der Waals surface area contributed by atoms with Gasteiger partial charge in [-0.1, -0.05) is 19.4 Å². The zero-order chi connectivity index (χ0) is 12.4. The summed E-state index contributed by atoms with van der Waals surface area (Å²) in [7, 11) is 1.75. The van der Waals surface area contributed by atoms with Gasteiger partial charge in [-0.3, -0.25) is 4.79 Å². The summed E-state index contributed by atoms with van der Waals surface area (Å²) < 4.78 is 13.3. The van der Waals surface area contributed by atoms with Crippen LogP contribution in [0.5, 0.6) is 0 Å². The van der Waals surface area contributed by atoms with Gasteiger partial charge in [-0.25, -0.2) is 4.39 Å². The smallest absolute Gasteiger partial charge is 0.248 e. The molecule has 1 aliphatic heterocycles. The highest BCUT2D eigenvalue weighted by molar-refractivity contribution is 6.04. The van der Waals surface area contributed by atoms with E-state index in [1.807, 2.05) is 0 Å². The third kappa shape index (κ3) is 2.05. The van der Waals surface area contributed by atoms with Crippen molar-refractivity contribution in [2.45, 2.75) is 25.8 Å². The zero-order valence-electron chi connectivity index (χ0n) is 10.2. The average Bonchev–Trinajstić information content (AvgIpc) is 2.58. The van der Waals surface area contributed by atoms with Crippen LogP contribution < -0.4 is 10.2 Å². The third-order valence-corrected chi connectivity index (χ3v) is 3.13. The van der Waals surface area contributed by atoms with E-state index < -0.39 is 0 Å². The van der Waals surface area contributed by atoms with E-state index in [2.05, 4.69) is 12.2 Å². The van der Waals surface area contributed by atoms with E-state index in [0.29, 0.717) is 12.2 Å². The summed E-state index contributed by atoms with van der Waals surface area (Å²) in [4.78, 5) is 13.8. The summed E-state index contributed by atoms with van der Waals surface area (Å²) in [6.45, 7) is 2.73. The Morgan fingerprint density at radius 2 is 2.24 bits per heavy atom. The first-order chi connectivity index (χ1) is 8.19. The van der Waals surface area contributed by atoms with Gasteiger partial charge in [0.1, 0.15) is 11.9 Å². The maximum atomic E-state index is 13.3. The number of hydrogen-bond acceptors (Lipinski definition) is 2. The number of likely N-dealkylation sites (N-methyl/N-ethyl adjacent to an activating group) is 1. The summed E-state index contributed by atoms with van der Waals surface area (Å²) >= 11 is 0. The summed E-state index contributed by atoms with van der Waals surface area (Å²) in [5, 5.41) is 2.98. The van der Waals surface area contributed by atoms with Crippen molar-refractivity contribution in [3.8, 4) is 0 Å². The number of benzene rings is 1. The monoisotopic (exact) mass is 236 g/mol. The normalized spacial score (nSPS) is 18.6. The van der Waals surface area contributed by atoms with Crippen LogP contribution in [0, 0.1) is 5.82 Å². The van der Waals surface area contributed by atoms with Crippen LogP contribution in [0.15, 0.2) is 18.2 Å². The van der Waals surface area contributed by atoms with Gasteiger partial charge in [0, 0.05) is 12.1 Å². The van der Waals surface area contributed by atoms with Gasteiger partial charge in [-0.05, 0) is 25.6 Å². The van der Waals surface area contributed by atoms with Gasteiger partial charge in [-0.15, -0.1) is 0 Å². The minimum atomic E-state index is -0.331. The minimum Gasteiger partial charge on any atom is -0.310 e. The van der Waals surface area contributed by atoms with Gasteiger partial charge < -0.3 is 10.2 Å². The van der Waals surface area contributed by atoms with Crippen molar-refractivity contribution in [3.05, 3.63) is 29.6 Å². The molecule has 1 N–H and O–H groups in total. The molecular weight excluding hydrogens is 219 g/mol. The van der Waals surface area contributed by atoms with Crippen molar-refractivity contribution < 1.29 is 9.18 Å². The third-order valence-electron chi connectivity index (χ3n) is 3.13. The lowest BCUT2D eigenvalue weighted by Crippen LogP contribution is -2.33. The van der Waals surface area contributed by atoms with E-state index in [1.54, 1.807) is 18.0 Å². The van der Waals surface area contributed by atoms with E-state index >= 15 is 0 Å². The quantitative estimate of drug-likeness (QED) is 0.869. The number of nitrogens with one attached hydrogen (secondary N) is 1. The van der Waals surface area contributed by atoms with Crippen molar-refractivity contribution in [1.29, 1.82) is 0 Å². The van der Waals surface area contributed by atoms with Crippen LogP contribution in [0.2, 0.25) is 0 Å². The van der Waals surface area contributed by atoms with Crippen LogP contribution >= 0.6 is 0 Å². The van der Waals surface area contributed by atoms with Crippen molar-refractivity contribution in [1.82, 2.24) is 5.32 Å². The second-order valence-corrected chi connectivity index (χ2v) is 4.27. The number of fused-ring (bicyclic) bond motifs is 1. The topological polar surface area (TPSA) is 32.3 Å². The molecule has 0 fully saturated rings. The second-order valence-electron chi connectivity index (χ2n) is 4.27. The Balaban J connectivity index is 2.37. The summed E-state index contributed by atoms with van der Waals surface area (Å²) in [5.41, 5.74) is 1.58. The Kier molecular flexibility index (Phi) is 3.43. The fourth-order valence-electron chi connectivity index (χ4n) is 2.23. The van der Waals surface area contributed by atoms with Gasteiger partial charge in [0.2, 0.25) is 5.91 Å². The van der Waals surface area contributed by atoms with Gasteiger partial charge in [0.25, 0.3) is 0 Å². The van der Waals surface area contributed by atoms with Crippen molar-refractivity contribution >= 4 is 11.6 Å². The molecule has 1 unspecified atom stereocenters. The van der Waals surface area contributed by atoms with E-state index in [-0.39, 0.29) is 17.8 Å². The van der Waals surface area contributed by atoms with Crippen LogP contribution in [0.4, 0.5) is 10.1 Å². The summed E-state index contributed by atoms with van der Waals surface area (Å²) in [6.07, 6.45) is 1.94. The standard InChI is InChI=1S/C13H17FN2O/c1-3-4-7-16-11-8-9(14)5-6-10(11)12(15-2)13(16)17/h5-6,8,12,15H,3-4,7H2,1-2H3. The molecule has 1 amide bonds. The van der Waals surface area contributed by atoms with Crippen LogP contribution in [0.25, 0.3) is 0 Å². The average molecular weight is 236 g/mol. The summed E-state index contributed by atoms with van der Waals surface area (Å²) in [6, 6.07) is 4.21. The Morgan fingerprint density at radius 1 is 1.47 bits per heavy atom. The molecule has 0 saturated heterocycles. The molecule has 1 atom stereocenters. The lowest BCUT2D eigenvalue weighted by atomic mass is 10.1. The summed E-state index contributed by atoms with van der Waals surface area (Å²) in [5.74, 6) is -0.281. The highest BCUT2D eigenvalue weighted by Crippen LogP contribution is 2.36. The first kappa shape index (κ1) is 12.0. The number of unbranched alkanes of at least 4 members (excludes halogenated alkanes) is 1. The molecule has 1 aliphatic rings. The van der Waals surface area contributed by atoms with Gasteiger partial charge in [-0.2, -0.15) is 0 Å². The molecule has 3 nitrogen and oxygen atoms in total. The van der Waals surface area contributed by atoms with Crippen molar-refractivity contribution in [2.75, 3.05) is 18.5 Å². The van der Waals surface area contributed by atoms with E-state index in [0.717, 1.165) is 18.4 Å². The van der Waals surface area contributed by atoms with Gasteiger partial charge in [0.05, 0.1) is 5.69 Å². The molecule has 0 saturated carbocycles. The van der Waals surface area contributed by atoms with Gasteiger partial charge >= 0.3 is 0 Å². The first-order valence-corrected chi connectivity index (χ1v) is 5.97. The fourth-order valence-corrected chi connectivity index (χ4v) is 2.23. The largest absolute Gasteiger partial charge is 0.310 e. The molecule has 0 bridgehead atoms. The molecule has 1 aromatic carbocycles. The number of amides is 1. The number of halogens is 1. The molecule has 1 aromatic rings. The number of anilines is 1. The number of carbonyl (C=O) groups excluding carboxylic acids is 1. The molecular formula is C13H17FN2O. The number of hydrogen-bond donors (Lipinski definition) is 1. The SMILES string of the molecule is CCCCN1C(=O)C(NC)c2ccc(F)cc21. The molecule has 17 heavy (non-hydrogen) atoms. The Morgan fingerprint density at radius 3 is 2.88 bits per heavy atom. The van der Waals surface area contributed by atoms with Crippen LogP contribution in [0.1, 0.15) is 31.4 Å². The van der Waals surface area contributed by atoms with E-state index in [9.17, 15) is 9.18 Å². The molecule has 1 heterocycles. The number of carbonyl (C=O) groups is 1. The lowest BCUT2D eigenvalue weighted by Gasteiger charge is -2.17. The fraction of sp³-hybridized carbons (Fsp3) is 0.462. The highest BCUT2D eigenvalue weighted by Gasteiger charge is 2.35. The molecule has 2 rings (SSSR count). The number of rotatable bonds is 4. The van der Waals surface area contributed by atoms with E-state index in [4.69, 9.17) is 0 Å². The lowest BCUT2D eigenvalue weighted by molar-refractivity contribution is -0.119. The van der Waals surface area contributed by atoms with E-state index in [1.165, 1.54) is 12.1 Å². The molecule has 4 heteroatoms. The van der Waals surface area contributed by atoms with Crippen molar-refractivity contribution in [3.63, 3.8) is 0 Å². The molecule has 0 radical (unpaired) electrons. The Labute approximate surface area is 101 Å². The minimum absolute atomic E-state index is 0.0153. The first-order valence-electron chi connectivity index (χ1n) is 5.97. The predicted molar refractivity (Wildman–Crippen MR) is 65.5 cm³/mol.